The highest BCUT2D eigenvalue weighted by Gasteiger charge is 2.22. The Morgan fingerprint density at radius 2 is 2.00 bits per heavy atom. The van der Waals surface area contributed by atoms with Gasteiger partial charge in [-0.1, -0.05) is 18.2 Å². The molecule has 0 amide bonds. The smallest absolute Gasteiger partial charge is 0.126 e. The molecule has 1 aliphatic heterocycles. The third kappa shape index (κ3) is 3.04. The summed E-state index contributed by atoms with van der Waals surface area (Å²) in [7, 11) is 0. The first-order valence-electron chi connectivity index (χ1n) is 6.15. The molecule has 0 aliphatic carbocycles. The molecule has 0 unspecified atom stereocenters. The lowest BCUT2D eigenvalue weighted by atomic mass is 9.89. The van der Waals surface area contributed by atoms with E-state index in [2.05, 4.69) is 11.0 Å². The van der Waals surface area contributed by atoms with Crippen molar-refractivity contribution in [1.82, 2.24) is 4.90 Å². The minimum absolute atomic E-state index is 0.0806. The predicted molar refractivity (Wildman–Crippen MR) is 65.0 cm³/mol. The topological polar surface area (TPSA) is 27.0 Å². The Labute approximate surface area is 102 Å². The van der Waals surface area contributed by atoms with Crippen LogP contribution in [0.1, 0.15) is 30.7 Å². The van der Waals surface area contributed by atoms with Crippen molar-refractivity contribution >= 4 is 0 Å². The van der Waals surface area contributed by atoms with Crippen LogP contribution in [0.5, 0.6) is 0 Å². The van der Waals surface area contributed by atoms with Gasteiger partial charge in [-0.25, -0.2) is 4.39 Å². The first-order chi connectivity index (χ1) is 8.31. The van der Waals surface area contributed by atoms with E-state index >= 15 is 0 Å². The highest BCUT2D eigenvalue weighted by atomic mass is 19.1. The van der Waals surface area contributed by atoms with Crippen molar-refractivity contribution in [3.63, 3.8) is 0 Å². The zero-order valence-electron chi connectivity index (χ0n) is 9.90. The van der Waals surface area contributed by atoms with Crippen LogP contribution in [0, 0.1) is 17.1 Å². The lowest BCUT2D eigenvalue weighted by Gasteiger charge is -2.31. The van der Waals surface area contributed by atoms with E-state index in [9.17, 15) is 4.39 Å². The second-order valence-corrected chi connectivity index (χ2v) is 4.55. The zero-order chi connectivity index (χ0) is 12.1. The molecule has 1 heterocycles. The van der Waals surface area contributed by atoms with Gasteiger partial charge in [-0.2, -0.15) is 5.26 Å². The lowest BCUT2D eigenvalue weighted by molar-refractivity contribution is 0.215. The van der Waals surface area contributed by atoms with E-state index in [1.54, 1.807) is 6.07 Å². The molecule has 1 saturated heterocycles. The van der Waals surface area contributed by atoms with E-state index in [1.165, 1.54) is 6.07 Å². The van der Waals surface area contributed by atoms with Crippen LogP contribution in [0.25, 0.3) is 0 Å². The van der Waals surface area contributed by atoms with Crippen molar-refractivity contribution in [3.05, 3.63) is 35.6 Å². The van der Waals surface area contributed by atoms with Crippen LogP contribution in [0.2, 0.25) is 0 Å². The molecule has 0 radical (unpaired) electrons. The minimum Gasteiger partial charge on any atom is -0.302 e. The Bertz CT molecular complexity index is 403. The second-order valence-electron chi connectivity index (χ2n) is 4.55. The third-order valence-electron chi connectivity index (χ3n) is 3.47. The van der Waals surface area contributed by atoms with E-state index in [1.807, 2.05) is 12.1 Å². The number of halogens is 1. The van der Waals surface area contributed by atoms with Crippen molar-refractivity contribution in [3.8, 4) is 6.07 Å². The molecule has 1 aliphatic rings. The van der Waals surface area contributed by atoms with Gasteiger partial charge < -0.3 is 4.90 Å². The summed E-state index contributed by atoms with van der Waals surface area (Å²) >= 11 is 0. The van der Waals surface area contributed by atoms with Crippen LogP contribution >= 0.6 is 0 Å². The number of benzene rings is 1. The molecule has 3 heteroatoms. The Hall–Kier alpha value is -1.40. The van der Waals surface area contributed by atoms with Gasteiger partial charge in [0.2, 0.25) is 0 Å². The van der Waals surface area contributed by atoms with Crippen molar-refractivity contribution in [2.45, 2.75) is 25.2 Å². The summed E-state index contributed by atoms with van der Waals surface area (Å²) in [5.41, 5.74) is 0.854. The average Bonchev–Trinajstić information content (AvgIpc) is 2.38. The monoisotopic (exact) mass is 232 g/mol. The van der Waals surface area contributed by atoms with Crippen LogP contribution in [0.3, 0.4) is 0 Å². The van der Waals surface area contributed by atoms with Gasteiger partial charge in [-0.15, -0.1) is 0 Å². The predicted octanol–water partition coefficient (Wildman–Crippen LogP) is 2.92. The van der Waals surface area contributed by atoms with Gasteiger partial charge in [0.25, 0.3) is 0 Å². The molecule has 0 aromatic heterocycles. The summed E-state index contributed by atoms with van der Waals surface area (Å²) in [5.74, 6) is 0.262. The van der Waals surface area contributed by atoms with Crippen LogP contribution in [-0.2, 0) is 0 Å². The summed E-state index contributed by atoms with van der Waals surface area (Å²) in [5, 5.41) is 8.54. The number of rotatable bonds is 3. The molecule has 0 saturated carbocycles. The maximum atomic E-state index is 13.6. The maximum absolute atomic E-state index is 13.6. The van der Waals surface area contributed by atoms with E-state index in [0.717, 1.165) is 38.0 Å². The van der Waals surface area contributed by atoms with Gasteiger partial charge in [0, 0.05) is 13.0 Å². The molecular formula is C14H17FN2. The number of nitrogens with zero attached hydrogens (tertiary/aromatic N) is 2. The zero-order valence-corrected chi connectivity index (χ0v) is 9.90. The van der Waals surface area contributed by atoms with E-state index in [0.29, 0.717) is 12.3 Å². The third-order valence-corrected chi connectivity index (χ3v) is 3.47. The van der Waals surface area contributed by atoms with Gasteiger partial charge in [0.15, 0.2) is 0 Å². The Balaban J connectivity index is 1.91. The largest absolute Gasteiger partial charge is 0.302 e. The van der Waals surface area contributed by atoms with Gasteiger partial charge in [0.1, 0.15) is 5.82 Å². The molecule has 1 aromatic rings. The average molecular weight is 232 g/mol. The molecule has 2 rings (SSSR count). The number of nitriles is 1. The van der Waals surface area contributed by atoms with Crippen molar-refractivity contribution in [1.29, 1.82) is 5.26 Å². The first-order valence-corrected chi connectivity index (χ1v) is 6.15. The minimum atomic E-state index is -0.0806. The quantitative estimate of drug-likeness (QED) is 0.801. The maximum Gasteiger partial charge on any atom is 0.126 e. The van der Waals surface area contributed by atoms with E-state index in [-0.39, 0.29) is 5.82 Å². The van der Waals surface area contributed by atoms with E-state index < -0.39 is 0 Å². The van der Waals surface area contributed by atoms with E-state index in [4.69, 9.17) is 5.26 Å². The number of hydrogen-bond donors (Lipinski definition) is 0. The Morgan fingerprint density at radius 1 is 1.29 bits per heavy atom. The van der Waals surface area contributed by atoms with Crippen LogP contribution in [0.15, 0.2) is 24.3 Å². The van der Waals surface area contributed by atoms with Crippen LogP contribution in [-0.4, -0.2) is 24.5 Å². The molecule has 0 bridgehead atoms. The molecule has 0 spiro atoms. The summed E-state index contributed by atoms with van der Waals surface area (Å²) in [6.07, 6.45) is 2.57. The molecule has 1 aromatic carbocycles. The van der Waals surface area contributed by atoms with Crippen molar-refractivity contribution < 1.29 is 4.39 Å². The summed E-state index contributed by atoms with van der Waals surface area (Å²) in [4.78, 5) is 2.29. The molecule has 0 atom stereocenters. The Kier molecular flexibility index (Phi) is 4.11. The van der Waals surface area contributed by atoms with Gasteiger partial charge in [-0.3, -0.25) is 0 Å². The summed E-state index contributed by atoms with van der Waals surface area (Å²) in [6.45, 7) is 2.79. The normalized spacial score (nSPS) is 17.9. The second kappa shape index (κ2) is 5.79. The molecule has 90 valence electrons. The first kappa shape index (κ1) is 12.1. The lowest BCUT2D eigenvalue weighted by Crippen LogP contribution is -2.33. The molecule has 1 fully saturated rings. The van der Waals surface area contributed by atoms with Crippen molar-refractivity contribution in [2.75, 3.05) is 19.6 Å². The molecule has 0 N–H and O–H groups in total. The number of piperidine rings is 1. The molecule has 2 nitrogen and oxygen atoms in total. The molecule has 17 heavy (non-hydrogen) atoms. The van der Waals surface area contributed by atoms with Gasteiger partial charge in [-0.05, 0) is 43.5 Å². The Morgan fingerprint density at radius 3 is 2.65 bits per heavy atom. The SMILES string of the molecule is N#CCCN1CCC(c2ccccc2F)CC1. The number of hydrogen-bond acceptors (Lipinski definition) is 2. The fourth-order valence-electron chi connectivity index (χ4n) is 2.48. The summed E-state index contributed by atoms with van der Waals surface area (Å²) in [6, 6.07) is 9.24. The van der Waals surface area contributed by atoms with Crippen LogP contribution < -0.4 is 0 Å². The van der Waals surface area contributed by atoms with Gasteiger partial charge >= 0.3 is 0 Å². The standard InChI is InChI=1S/C14H17FN2/c15-14-5-2-1-4-13(14)12-6-10-17(11-7-12)9-3-8-16/h1-2,4-5,12H,3,6-7,9-11H2. The number of likely N-dealkylation sites (tertiary alicyclic amines) is 1. The molecular weight excluding hydrogens is 215 g/mol. The highest BCUT2D eigenvalue weighted by molar-refractivity contribution is 5.22. The fraction of sp³-hybridized carbons (Fsp3) is 0.500. The fourth-order valence-corrected chi connectivity index (χ4v) is 2.48. The van der Waals surface area contributed by atoms with Crippen molar-refractivity contribution in [2.24, 2.45) is 0 Å². The highest BCUT2D eigenvalue weighted by Crippen LogP contribution is 2.29. The van der Waals surface area contributed by atoms with Gasteiger partial charge in [0.05, 0.1) is 6.07 Å². The van der Waals surface area contributed by atoms with Crippen LogP contribution in [0.4, 0.5) is 4.39 Å². The summed E-state index contributed by atoms with van der Waals surface area (Å²) < 4.78 is 13.6.